The molecule has 0 radical (unpaired) electrons. The normalized spacial score (nSPS) is 16.4. The molecule has 2 fully saturated rings. The van der Waals surface area contributed by atoms with Crippen molar-refractivity contribution in [2.45, 2.75) is 0 Å². The van der Waals surface area contributed by atoms with Crippen molar-refractivity contribution in [3.05, 3.63) is 87.6 Å². The summed E-state index contributed by atoms with van der Waals surface area (Å²) in [4.78, 5) is 36.0. The first-order valence-corrected chi connectivity index (χ1v) is 12.3. The van der Waals surface area contributed by atoms with E-state index in [1.165, 1.54) is 4.57 Å². The second kappa shape index (κ2) is 9.60. The molecule has 36 heavy (non-hydrogen) atoms. The Morgan fingerprint density at radius 3 is 1.78 bits per heavy atom. The predicted molar refractivity (Wildman–Crippen MR) is 138 cm³/mol. The molecule has 0 atom stereocenters. The number of nitrogens with zero attached hydrogens (tertiary/aromatic N) is 4. The first kappa shape index (κ1) is 22.5. The second-order valence-corrected chi connectivity index (χ2v) is 8.89. The molecule has 184 valence electrons. The summed E-state index contributed by atoms with van der Waals surface area (Å²) in [6, 6.07) is 20.6. The number of aromatic amines is 1. The highest BCUT2D eigenvalue weighted by Gasteiger charge is 2.29. The van der Waals surface area contributed by atoms with Gasteiger partial charge in [0.15, 0.2) is 0 Å². The van der Waals surface area contributed by atoms with Crippen molar-refractivity contribution in [1.29, 1.82) is 0 Å². The minimum Gasteiger partial charge on any atom is -0.378 e. The number of nitrogens with one attached hydrogen (secondary N) is 1. The molecule has 0 unspecified atom stereocenters. The number of H-pyrrole nitrogens is 1. The molecule has 2 aliphatic rings. The van der Waals surface area contributed by atoms with Gasteiger partial charge in [-0.25, -0.2) is 14.3 Å². The molecule has 2 aromatic carbocycles. The summed E-state index contributed by atoms with van der Waals surface area (Å²) in [6.45, 7) is 5.19. The van der Waals surface area contributed by atoms with Crippen LogP contribution in [0.15, 0.2) is 76.3 Å². The summed E-state index contributed by atoms with van der Waals surface area (Å²) >= 11 is 0. The average Bonchev–Trinajstić information content (AvgIpc) is 2.94. The number of benzene rings is 2. The number of para-hydroxylation sites is 2. The molecule has 4 aromatic rings. The van der Waals surface area contributed by atoms with Crippen molar-refractivity contribution >= 4 is 22.5 Å². The van der Waals surface area contributed by atoms with Gasteiger partial charge in [-0.2, -0.15) is 4.57 Å². The van der Waals surface area contributed by atoms with E-state index in [9.17, 15) is 9.59 Å². The zero-order valence-corrected chi connectivity index (χ0v) is 19.9. The van der Waals surface area contributed by atoms with Crippen molar-refractivity contribution in [3.8, 4) is 11.4 Å². The quantitative estimate of drug-likeness (QED) is 0.436. The third kappa shape index (κ3) is 3.96. The van der Waals surface area contributed by atoms with Gasteiger partial charge in [0, 0.05) is 19.2 Å². The lowest BCUT2D eigenvalue weighted by molar-refractivity contribution is -0.335. The number of anilines is 2. The Morgan fingerprint density at radius 2 is 1.19 bits per heavy atom. The van der Waals surface area contributed by atoms with E-state index in [1.807, 2.05) is 54.6 Å². The molecule has 2 saturated heterocycles. The van der Waals surface area contributed by atoms with Crippen molar-refractivity contribution < 1.29 is 14.5 Å². The number of fused-ring (bicyclic) bond motifs is 1. The van der Waals surface area contributed by atoms with Gasteiger partial charge in [-0.1, -0.05) is 36.4 Å². The minimum absolute atomic E-state index is 0.348. The zero-order valence-electron chi connectivity index (χ0n) is 19.9. The Hall–Kier alpha value is -3.95. The van der Waals surface area contributed by atoms with Gasteiger partial charge in [0.1, 0.15) is 11.1 Å². The standard InChI is InChI=1S/C27H27N5O4/c33-26-24-22(29-11-15-35-16-12-29)19-23(30-13-17-36-18-14-30)28-25(24)31(20-7-3-1-4-8-20)27(34)32(26)21-9-5-2-6-10-21/h1-10,19H,11-18H2/p+1. The first-order valence-electron chi connectivity index (χ1n) is 12.3. The summed E-state index contributed by atoms with van der Waals surface area (Å²) in [5.74, 6) is 0.855. The smallest absolute Gasteiger partial charge is 0.378 e. The van der Waals surface area contributed by atoms with E-state index in [0.717, 1.165) is 24.6 Å². The highest BCUT2D eigenvalue weighted by Crippen LogP contribution is 2.28. The SMILES string of the molecule is O=c1c2c(N3CCOCC3)cc(N3CCOCC3)[nH+]c2n(-c2ccccc2)c(=O)n1-c1ccccc1. The van der Waals surface area contributed by atoms with Crippen molar-refractivity contribution in [3.63, 3.8) is 0 Å². The third-order valence-corrected chi connectivity index (χ3v) is 6.77. The maximum Gasteiger partial charge on any atom is 0.398 e. The largest absolute Gasteiger partial charge is 0.398 e. The molecule has 0 amide bonds. The van der Waals surface area contributed by atoms with E-state index in [4.69, 9.17) is 9.47 Å². The van der Waals surface area contributed by atoms with Gasteiger partial charge < -0.3 is 14.4 Å². The summed E-state index contributed by atoms with van der Waals surface area (Å²) in [5.41, 5.74) is 1.72. The van der Waals surface area contributed by atoms with Crippen LogP contribution in [0.3, 0.4) is 0 Å². The molecular formula is C27H28N5O4+. The second-order valence-electron chi connectivity index (χ2n) is 8.89. The van der Waals surface area contributed by atoms with Crippen molar-refractivity contribution in [2.75, 3.05) is 62.4 Å². The molecule has 4 heterocycles. The van der Waals surface area contributed by atoms with Gasteiger partial charge in [0.2, 0.25) is 5.82 Å². The van der Waals surface area contributed by atoms with Crippen LogP contribution >= 0.6 is 0 Å². The Morgan fingerprint density at radius 1 is 0.667 bits per heavy atom. The number of morpholine rings is 2. The number of hydrogen-bond acceptors (Lipinski definition) is 6. The van der Waals surface area contributed by atoms with Crippen LogP contribution < -0.4 is 26.0 Å². The maximum absolute atomic E-state index is 14.1. The fourth-order valence-electron chi connectivity index (χ4n) is 4.97. The van der Waals surface area contributed by atoms with Crippen LogP contribution in [-0.4, -0.2) is 61.7 Å². The molecule has 1 N–H and O–H groups in total. The van der Waals surface area contributed by atoms with Crippen LogP contribution in [0.1, 0.15) is 0 Å². The lowest BCUT2D eigenvalue weighted by Gasteiger charge is -2.31. The zero-order chi connectivity index (χ0) is 24.5. The molecule has 2 aromatic heterocycles. The highest BCUT2D eigenvalue weighted by atomic mass is 16.5. The van der Waals surface area contributed by atoms with Gasteiger partial charge in [-0.3, -0.25) is 9.69 Å². The summed E-state index contributed by atoms with van der Waals surface area (Å²) in [6.07, 6.45) is 0. The summed E-state index contributed by atoms with van der Waals surface area (Å²) < 4.78 is 14.0. The van der Waals surface area contributed by atoms with E-state index in [-0.39, 0.29) is 5.56 Å². The monoisotopic (exact) mass is 486 g/mol. The topological polar surface area (TPSA) is 83.1 Å². The van der Waals surface area contributed by atoms with E-state index >= 15 is 0 Å². The number of rotatable bonds is 4. The van der Waals surface area contributed by atoms with Gasteiger partial charge in [-0.15, -0.1) is 0 Å². The van der Waals surface area contributed by atoms with Gasteiger partial charge in [0.25, 0.3) is 11.2 Å². The molecular weight excluding hydrogens is 458 g/mol. The molecule has 6 rings (SSSR count). The third-order valence-electron chi connectivity index (χ3n) is 6.77. The summed E-state index contributed by atoms with van der Waals surface area (Å²) in [5, 5.41) is 0.473. The predicted octanol–water partition coefficient (Wildman–Crippen LogP) is 1.63. The number of hydrogen-bond donors (Lipinski definition) is 0. The molecule has 0 spiro atoms. The maximum atomic E-state index is 14.1. The molecule has 2 aliphatic heterocycles. The Kier molecular flexibility index (Phi) is 6.00. The van der Waals surface area contributed by atoms with Crippen LogP contribution in [0.2, 0.25) is 0 Å². The van der Waals surface area contributed by atoms with Crippen LogP contribution in [0.5, 0.6) is 0 Å². The summed E-state index contributed by atoms with van der Waals surface area (Å²) in [7, 11) is 0. The van der Waals surface area contributed by atoms with E-state index in [2.05, 4.69) is 14.8 Å². The molecule has 0 saturated carbocycles. The van der Waals surface area contributed by atoms with Crippen molar-refractivity contribution in [2.24, 2.45) is 0 Å². The van der Waals surface area contributed by atoms with Crippen LogP contribution in [0, 0.1) is 0 Å². The van der Waals surface area contributed by atoms with Gasteiger partial charge >= 0.3 is 5.69 Å². The molecule has 0 aliphatic carbocycles. The fourth-order valence-corrected chi connectivity index (χ4v) is 4.97. The fraction of sp³-hybridized carbons (Fsp3) is 0.296. The van der Waals surface area contributed by atoms with E-state index in [0.29, 0.717) is 61.9 Å². The average molecular weight is 487 g/mol. The number of aromatic nitrogens is 3. The molecule has 9 nitrogen and oxygen atoms in total. The van der Waals surface area contributed by atoms with Gasteiger partial charge in [-0.05, 0) is 24.3 Å². The van der Waals surface area contributed by atoms with E-state index < -0.39 is 5.69 Å². The molecule has 0 bridgehead atoms. The first-order chi connectivity index (χ1) is 17.7. The minimum atomic E-state index is -0.423. The van der Waals surface area contributed by atoms with Crippen LogP contribution in [0.4, 0.5) is 11.5 Å². The van der Waals surface area contributed by atoms with Gasteiger partial charge in [0.05, 0.1) is 50.9 Å². The highest BCUT2D eigenvalue weighted by molar-refractivity contribution is 5.89. The lowest BCUT2D eigenvalue weighted by atomic mass is 10.2. The lowest BCUT2D eigenvalue weighted by Crippen LogP contribution is -2.45. The Balaban J connectivity index is 1.72. The van der Waals surface area contributed by atoms with Crippen LogP contribution in [-0.2, 0) is 9.47 Å². The Labute approximate surface area is 207 Å². The van der Waals surface area contributed by atoms with Crippen LogP contribution in [0.25, 0.3) is 22.4 Å². The van der Waals surface area contributed by atoms with Crippen molar-refractivity contribution in [1.82, 2.24) is 9.13 Å². The van der Waals surface area contributed by atoms with E-state index in [1.54, 1.807) is 16.7 Å². The Bertz CT molecular complexity index is 1490. The number of pyridine rings is 1. The number of ether oxygens (including phenoxy) is 2. The molecule has 9 heteroatoms.